The monoisotopic (exact) mass is 809 g/mol. The molecule has 0 aromatic rings. The van der Waals surface area contributed by atoms with Crippen LogP contribution in [0, 0.1) is 0 Å². The largest absolute Gasteiger partial charge is 0.455 e. The fourth-order valence-electron chi connectivity index (χ4n) is 8.00. The summed E-state index contributed by atoms with van der Waals surface area (Å²) in [5.74, 6) is -0.142. The zero-order valence-corrected chi connectivity index (χ0v) is 40.4. The second kappa shape index (κ2) is 26.4. The molecule has 0 aliphatic carbocycles. The van der Waals surface area contributed by atoms with Gasteiger partial charge in [0.1, 0.15) is 6.10 Å². The van der Waals surface area contributed by atoms with E-state index in [0.29, 0.717) is 0 Å². The summed E-state index contributed by atoms with van der Waals surface area (Å²) in [6, 6.07) is 0. The maximum absolute atomic E-state index is 12.1. The van der Waals surface area contributed by atoms with E-state index >= 15 is 0 Å². The van der Waals surface area contributed by atoms with E-state index in [0.717, 1.165) is 56.9 Å². The molecule has 0 bridgehead atoms. The number of unbranched alkanes of at least 4 members (excludes halogenated alkanes) is 13. The van der Waals surface area contributed by atoms with E-state index in [1.165, 1.54) is 96.3 Å². The fraction of sp³-hybridized carbons (Fsp3) is 0.889. The van der Waals surface area contributed by atoms with Crippen LogP contribution in [0.4, 0.5) is 0 Å². The molecule has 2 aliphatic heterocycles. The van der Waals surface area contributed by atoms with Gasteiger partial charge in [0.2, 0.25) is 0 Å². The lowest BCUT2D eigenvalue weighted by molar-refractivity contribution is -0.139. The average Bonchev–Trinajstić information content (AvgIpc) is 3.68. The van der Waals surface area contributed by atoms with Crippen LogP contribution in [-0.4, -0.2) is 67.5 Å². The number of rotatable bonds is 32. The summed E-state index contributed by atoms with van der Waals surface area (Å²) < 4.78 is 32.4. The highest BCUT2D eigenvalue weighted by molar-refractivity contribution is 6.70. The second-order valence-corrected chi connectivity index (χ2v) is 32.9. The van der Waals surface area contributed by atoms with Gasteiger partial charge in [0.05, 0.1) is 24.4 Å². The van der Waals surface area contributed by atoms with E-state index in [4.69, 9.17) is 22.8 Å². The third-order valence-corrected chi connectivity index (χ3v) is 13.5. The third kappa shape index (κ3) is 24.3. The maximum Gasteiger partial charge on any atom is 0.334 e. The SMILES string of the molecule is CCCCCCCCC/C=C\CC[C@@H](O[Si](C)(C)C)[C@H]1CC[C@H]([C@@H](CCCCCCCCC[C@H](CCC2=C[C@H](C)OC2=O)O[Si](C)(C)C)O[Si](C)(C)C)O1. The predicted octanol–water partition coefficient (Wildman–Crippen LogP) is 13.8. The van der Waals surface area contributed by atoms with Crippen LogP contribution < -0.4 is 0 Å². The molecule has 2 aliphatic rings. The normalized spacial score (nSPS) is 21.5. The number of ether oxygens (including phenoxy) is 2. The molecular formula is C45H88O6Si3. The molecule has 6 atom stereocenters. The van der Waals surface area contributed by atoms with Gasteiger partial charge in [-0.1, -0.05) is 103 Å². The van der Waals surface area contributed by atoms with Crippen molar-refractivity contribution in [1.82, 2.24) is 0 Å². The molecule has 54 heavy (non-hydrogen) atoms. The smallest absolute Gasteiger partial charge is 0.334 e. The van der Waals surface area contributed by atoms with Crippen LogP contribution in [0.15, 0.2) is 23.8 Å². The summed E-state index contributed by atoms with van der Waals surface area (Å²) in [5.41, 5.74) is 0.830. The molecule has 2 rings (SSSR count). The Morgan fingerprint density at radius 2 is 1.11 bits per heavy atom. The highest BCUT2D eigenvalue weighted by Crippen LogP contribution is 2.33. The van der Waals surface area contributed by atoms with Crippen molar-refractivity contribution in [3.8, 4) is 0 Å². The Balaban J connectivity index is 1.74. The number of carbonyl (C=O) groups is 1. The molecular weight excluding hydrogens is 721 g/mol. The zero-order valence-electron chi connectivity index (χ0n) is 37.4. The fourth-order valence-corrected chi connectivity index (χ4v) is 11.6. The van der Waals surface area contributed by atoms with Gasteiger partial charge < -0.3 is 22.8 Å². The van der Waals surface area contributed by atoms with Gasteiger partial charge in [-0.2, -0.15) is 0 Å². The third-order valence-electron chi connectivity index (χ3n) is 10.4. The van der Waals surface area contributed by atoms with Crippen LogP contribution in [0.25, 0.3) is 0 Å². The topological polar surface area (TPSA) is 63.2 Å². The molecule has 2 heterocycles. The van der Waals surface area contributed by atoms with Crippen molar-refractivity contribution in [3.05, 3.63) is 23.8 Å². The van der Waals surface area contributed by atoms with E-state index in [1.54, 1.807) is 0 Å². The molecule has 1 saturated heterocycles. The van der Waals surface area contributed by atoms with Crippen LogP contribution in [0.5, 0.6) is 0 Å². The molecule has 0 N–H and O–H groups in total. The van der Waals surface area contributed by atoms with Gasteiger partial charge in [0.25, 0.3) is 0 Å². The van der Waals surface area contributed by atoms with Crippen molar-refractivity contribution in [1.29, 1.82) is 0 Å². The van der Waals surface area contributed by atoms with E-state index in [9.17, 15) is 4.79 Å². The summed E-state index contributed by atoms with van der Waals surface area (Å²) in [7, 11) is -5.05. The van der Waals surface area contributed by atoms with Crippen molar-refractivity contribution < 1.29 is 27.5 Å². The summed E-state index contributed by atoms with van der Waals surface area (Å²) in [6.45, 7) is 24.9. The molecule has 0 amide bonds. The Bertz CT molecular complexity index is 1060. The summed E-state index contributed by atoms with van der Waals surface area (Å²) in [4.78, 5) is 12.1. The Hall–Kier alpha value is -0.559. The minimum Gasteiger partial charge on any atom is -0.455 e. The first kappa shape index (κ1) is 49.6. The molecule has 0 saturated carbocycles. The van der Waals surface area contributed by atoms with Gasteiger partial charge in [-0.15, -0.1) is 0 Å². The first-order valence-electron chi connectivity index (χ1n) is 22.7. The Morgan fingerprint density at radius 3 is 1.63 bits per heavy atom. The van der Waals surface area contributed by atoms with Gasteiger partial charge in [-0.05, 0) is 136 Å². The Labute approximate surface area is 338 Å². The van der Waals surface area contributed by atoms with Gasteiger partial charge in [0.15, 0.2) is 25.0 Å². The summed E-state index contributed by atoms with van der Waals surface area (Å²) in [6.07, 6.45) is 35.4. The number of esters is 1. The maximum atomic E-state index is 12.1. The standard InChI is InChI=1S/C45H88O6Si3/c1-12-13-14-15-16-17-18-19-22-25-28-31-43(50-53(6,7)8)41-35-36-42(48-41)44(51-54(9,10)11)32-29-26-23-20-21-24-27-30-40(49-52(3,4)5)34-33-39-37-38(2)47-45(39)46/h22,25,37-38,40-44H,12-21,23-24,26-36H2,1-11H3/b25-22-/t38-,40+,41+,42+,43+,44+/m0/s1. The number of hydrogen-bond acceptors (Lipinski definition) is 6. The lowest BCUT2D eigenvalue weighted by atomic mass is 10.00. The molecule has 6 nitrogen and oxygen atoms in total. The molecule has 0 radical (unpaired) electrons. The van der Waals surface area contributed by atoms with Crippen LogP contribution in [0.2, 0.25) is 58.9 Å². The molecule has 0 aromatic heterocycles. The van der Waals surface area contributed by atoms with Crippen LogP contribution in [0.3, 0.4) is 0 Å². The average molecular weight is 809 g/mol. The van der Waals surface area contributed by atoms with E-state index < -0.39 is 25.0 Å². The number of hydrogen-bond donors (Lipinski definition) is 0. The van der Waals surface area contributed by atoms with Gasteiger partial charge >= 0.3 is 5.97 Å². The first-order valence-corrected chi connectivity index (χ1v) is 32.9. The molecule has 0 spiro atoms. The Kier molecular flexibility index (Phi) is 24.3. The van der Waals surface area contributed by atoms with Crippen molar-refractivity contribution in [2.24, 2.45) is 0 Å². The van der Waals surface area contributed by atoms with Crippen molar-refractivity contribution in [3.63, 3.8) is 0 Å². The number of cyclic esters (lactones) is 1. The molecule has 1 fully saturated rings. The predicted molar refractivity (Wildman–Crippen MR) is 238 cm³/mol. The lowest BCUT2D eigenvalue weighted by Crippen LogP contribution is -2.42. The van der Waals surface area contributed by atoms with Gasteiger partial charge in [-0.3, -0.25) is 0 Å². The van der Waals surface area contributed by atoms with Crippen LogP contribution >= 0.6 is 0 Å². The number of allylic oxidation sites excluding steroid dienone is 2. The van der Waals surface area contributed by atoms with Crippen LogP contribution in [0.1, 0.15) is 162 Å². The molecule has 0 aromatic carbocycles. The molecule has 316 valence electrons. The summed E-state index contributed by atoms with van der Waals surface area (Å²) >= 11 is 0. The number of carbonyl (C=O) groups excluding carboxylic acids is 1. The minimum absolute atomic E-state index is 0.0923. The van der Waals surface area contributed by atoms with Gasteiger partial charge in [-0.25, -0.2) is 4.79 Å². The van der Waals surface area contributed by atoms with Gasteiger partial charge in [0, 0.05) is 11.7 Å². The van der Waals surface area contributed by atoms with E-state index in [1.807, 2.05) is 13.0 Å². The lowest BCUT2D eigenvalue weighted by Gasteiger charge is -2.33. The molecule has 9 heteroatoms. The second-order valence-electron chi connectivity index (χ2n) is 19.5. The van der Waals surface area contributed by atoms with Crippen molar-refractivity contribution >= 4 is 30.9 Å². The van der Waals surface area contributed by atoms with Crippen molar-refractivity contribution in [2.75, 3.05) is 0 Å². The summed E-state index contributed by atoms with van der Waals surface area (Å²) in [5, 5.41) is 0. The molecule has 0 unspecified atom stereocenters. The van der Waals surface area contributed by atoms with E-state index in [2.05, 4.69) is 78.0 Å². The van der Waals surface area contributed by atoms with E-state index in [-0.39, 0.29) is 42.6 Å². The Morgan fingerprint density at radius 1 is 0.630 bits per heavy atom. The first-order chi connectivity index (χ1) is 25.5. The van der Waals surface area contributed by atoms with Crippen molar-refractivity contribution in [2.45, 2.75) is 257 Å². The highest BCUT2D eigenvalue weighted by atomic mass is 28.4. The van der Waals surface area contributed by atoms with Crippen LogP contribution in [-0.2, 0) is 27.5 Å². The highest BCUT2D eigenvalue weighted by Gasteiger charge is 2.39. The quantitative estimate of drug-likeness (QED) is 0.0292. The minimum atomic E-state index is -1.71. The zero-order chi connectivity index (χ0) is 40.0.